The van der Waals surface area contributed by atoms with Gasteiger partial charge in [0.15, 0.2) is 0 Å². The summed E-state index contributed by atoms with van der Waals surface area (Å²) in [5.41, 5.74) is 5.55. The average molecular weight is 229 g/mol. The molecule has 0 aromatic heterocycles. The van der Waals surface area contributed by atoms with Gasteiger partial charge in [-0.05, 0) is 6.42 Å². The summed E-state index contributed by atoms with van der Waals surface area (Å²) in [6.07, 6.45) is 2.40. The Morgan fingerprint density at radius 1 is 1.00 bits per heavy atom. The molecule has 0 bridgehead atoms. The number of hydrogen-bond acceptors (Lipinski definition) is 4. The van der Waals surface area contributed by atoms with Crippen LogP contribution < -0.4 is 5.73 Å². The van der Waals surface area contributed by atoms with Crippen LogP contribution in [0.2, 0.25) is 0 Å². The Morgan fingerprint density at radius 2 is 1.62 bits per heavy atom. The van der Waals surface area contributed by atoms with E-state index in [1.54, 1.807) is 0 Å². The van der Waals surface area contributed by atoms with Crippen LogP contribution in [-0.4, -0.2) is 68.8 Å². The second-order valence-corrected chi connectivity index (χ2v) is 4.44. The topological polar surface area (TPSA) is 41.7 Å². The van der Waals surface area contributed by atoms with Crippen LogP contribution in [-0.2, 0) is 4.74 Å². The van der Waals surface area contributed by atoms with Gasteiger partial charge in [-0.1, -0.05) is 13.3 Å². The van der Waals surface area contributed by atoms with Crippen LogP contribution in [0.5, 0.6) is 0 Å². The Hall–Kier alpha value is -0.160. The van der Waals surface area contributed by atoms with E-state index < -0.39 is 0 Å². The highest BCUT2D eigenvalue weighted by Crippen LogP contribution is 2.00. The van der Waals surface area contributed by atoms with Crippen LogP contribution in [0.15, 0.2) is 0 Å². The quantitative estimate of drug-likeness (QED) is 0.611. The first-order valence-corrected chi connectivity index (χ1v) is 6.59. The van der Waals surface area contributed by atoms with E-state index in [9.17, 15) is 0 Å². The van der Waals surface area contributed by atoms with Gasteiger partial charge in [-0.15, -0.1) is 0 Å². The molecule has 0 unspecified atom stereocenters. The van der Waals surface area contributed by atoms with Gasteiger partial charge >= 0.3 is 0 Å². The Kier molecular flexibility index (Phi) is 7.76. The first-order chi connectivity index (χ1) is 7.86. The molecular weight excluding hydrogens is 202 g/mol. The van der Waals surface area contributed by atoms with Crippen LogP contribution in [0, 0.1) is 0 Å². The molecule has 1 aliphatic rings. The minimum atomic E-state index is 0.778. The lowest BCUT2D eigenvalue weighted by Crippen LogP contribution is -2.48. The molecule has 1 rings (SSSR count). The molecule has 0 aliphatic carbocycles. The van der Waals surface area contributed by atoms with E-state index in [-0.39, 0.29) is 0 Å². The normalized spacial score (nSPS) is 19.1. The fraction of sp³-hybridized carbons (Fsp3) is 1.00. The predicted molar refractivity (Wildman–Crippen MR) is 67.7 cm³/mol. The van der Waals surface area contributed by atoms with E-state index in [0.717, 1.165) is 59.0 Å². The highest BCUT2D eigenvalue weighted by molar-refractivity contribution is 4.71. The van der Waals surface area contributed by atoms with E-state index in [4.69, 9.17) is 10.5 Å². The van der Waals surface area contributed by atoms with E-state index in [2.05, 4.69) is 16.7 Å². The fourth-order valence-electron chi connectivity index (χ4n) is 1.96. The van der Waals surface area contributed by atoms with Gasteiger partial charge in [-0.3, -0.25) is 9.80 Å². The summed E-state index contributed by atoms with van der Waals surface area (Å²) in [4.78, 5) is 4.92. The molecule has 16 heavy (non-hydrogen) atoms. The molecular formula is C12H27N3O. The third-order valence-corrected chi connectivity index (χ3v) is 3.10. The minimum absolute atomic E-state index is 0.778. The van der Waals surface area contributed by atoms with Gasteiger partial charge in [0.1, 0.15) is 0 Å². The number of piperazine rings is 1. The van der Waals surface area contributed by atoms with Crippen LogP contribution in [0.3, 0.4) is 0 Å². The summed E-state index contributed by atoms with van der Waals surface area (Å²) in [5.74, 6) is 0. The van der Waals surface area contributed by atoms with E-state index in [0.29, 0.717) is 0 Å². The van der Waals surface area contributed by atoms with Gasteiger partial charge in [0.2, 0.25) is 0 Å². The minimum Gasteiger partial charge on any atom is -0.380 e. The molecule has 96 valence electrons. The number of hydrogen-bond donors (Lipinski definition) is 1. The zero-order valence-corrected chi connectivity index (χ0v) is 10.7. The molecule has 0 radical (unpaired) electrons. The summed E-state index contributed by atoms with van der Waals surface area (Å²) in [6.45, 7) is 11.5. The molecule has 0 aromatic rings. The van der Waals surface area contributed by atoms with E-state index >= 15 is 0 Å². The molecule has 0 amide bonds. The number of unbranched alkanes of at least 4 members (excludes halogenated alkanes) is 1. The van der Waals surface area contributed by atoms with Crippen molar-refractivity contribution in [2.75, 3.05) is 59.0 Å². The molecule has 2 N–H and O–H groups in total. The molecule has 1 aliphatic heterocycles. The van der Waals surface area contributed by atoms with Crippen LogP contribution in [0.25, 0.3) is 0 Å². The van der Waals surface area contributed by atoms with E-state index in [1.807, 2.05) is 0 Å². The summed E-state index contributed by atoms with van der Waals surface area (Å²) in [6, 6.07) is 0. The maximum absolute atomic E-state index is 5.58. The maximum atomic E-state index is 5.58. The van der Waals surface area contributed by atoms with Crippen molar-refractivity contribution in [3.05, 3.63) is 0 Å². The Morgan fingerprint density at radius 3 is 2.19 bits per heavy atom. The van der Waals surface area contributed by atoms with Crippen molar-refractivity contribution in [3.63, 3.8) is 0 Å². The first kappa shape index (κ1) is 13.9. The Balaban J connectivity index is 1.95. The summed E-state index contributed by atoms with van der Waals surface area (Å²) >= 11 is 0. The molecule has 0 atom stereocenters. The highest BCUT2D eigenvalue weighted by Gasteiger charge is 2.15. The second kappa shape index (κ2) is 8.93. The molecule has 1 heterocycles. The first-order valence-electron chi connectivity index (χ1n) is 6.59. The van der Waals surface area contributed by atoms with Crippen LogP contribution in [0.4, 0.5) is 0 Å². The highest BCUT2D eigenvalue weighted by atomic mass is 16.5. The zero-order chi connectivity index (χ0) is 11.6. The second-order valence-electron chi connectivity index (χ2n) is 4.44. The molecule has 0 spiro atoms. The molecule has 0 aromatic carbocycles. The molecule has 4 nitrogen and oxygen atoms in total. The summed E-state index contributed by atoms with van der Waals surface area (Å²) < 4.78 is 5.58. The van der Waals surface area contributed by atoms with Gasteiger partial charge < -0.3 is 10.5 Å². The van der Waals surface area contributed by atoms with Crippen molar-refractivity contribution in [2.24, 2.45) is 5.73 Å². The van der Waals surface area contributed by atoms with Gasteiger partial charge in [-0.2, -0.15) is 0 Å². The average Bonchev–Trinajstić information content (AvgIpc) is 2.31. The Labute approximate surface area is 99.7 Å². The maximum Gasteiger partial charge on any atom is 0.0593 e. The predicted octanol–water partition coefficient (Wildman–Crippen LogP) is 0.379. The third-order valence-electron chi connectivity index (χ3n) is 3.10. The monoisotopic (exact) mass is 229 g/mol. The number of nitrogens with two attached hydrogens (primary N) is 1. The summed E-state index contributed by atoms with van der Waals surface area (Å²) in [5, 5.41) is 0. The SMILES string of the molecule is CCCCOCCN1CCN(CCN)CC1. The van der Waals surface area contributed by atoms with Crippen molar-refractivity contribution < 1.29 is 4.74 Å². The Bertz CT molecular complexity index is 158. The van der Waals surface area contributed by atoms with E-state index in [1.165, 1.54) is 12.8 Å². The van der Waals surface area contributed by atoms with Crippen molar-refractivity contribution in [3.8, 4) is 0 Å². The van der Waals surface area contributed by atoms with Gasteiger partial charge in [0, 0.05) is 52.4 Å². The number of ether oxygens (including phenoxy) is 1. The van der Waals surface area contributed by atoms with Gasteiger partial charge in [0.25, 0.3) is 0 Å². The smallest absolute Gasteiger partial charge is 0.0593 e. The molecule has 0 saturated carbocycles. The molecule has 4 heteroatoms. The molecule has 1 saturated heterocycles. The lowest BCUT2D eigenvalue weighted by molar-refractivity contribution is 0.0753. The van der Waals surface area contributed by atoms with Crippen LogP contribution >= 0.6 is 0 Å². The lowest BCUT2D eigenvalue weighted by Gasteiger charge is -2.34. The molecule has 1 fully saturated rings. The van der Waals surface area contributed by atoms with Crippen molar-refractivity contribution in [2.45, 2.75) is 19.8 Å². The standard InChI is InChI=1S/C12H27N3O/c1-2-3-11-16-12-10-15-8-6-14(5-4-13)7-9-15/h2-13H2,1H3. The largest absolute Gasteiger partial charge is 0.380 e. The lowest BCUT2D eigenvalue weighted by atomic mass is 10.3. The van der Waals surface area contributed by atoms with Gasteiger partial charge in [0.05, 0.1) is 6.61 Å². The van der Waals surface area contributed by atoms with Crippen molar-refractivity contribution >= 4 is 0 Å². The fourth-order valence-corrected chi connectivity index (χ4v) is 1.96. The summed E-state index contributed by atoms with van der Waals surface area (Å²) in [7, 11) is 0. The zero-order valence-electron chi connectivity index (χ0n) is 10.7. The van der Waals surface area contributed by atoms with Crippen molar-refractivity contribution in [1.82, 2.24) is 9.80 Å². The third kappa shape index (κ3) is 5.80. The van der Waals surface area contributed by atoms with Gasteiger partial charge in [-0.25, -0.2) is 0 Å². The van der Waals surface area contributed by atoms with Crippen molar-refractivity contribution in [1.29, 1.82) is 0 Å². The number of nitrogens with zero attached hydrogens (tertiary/aromatic N) is 2. The number of rotatable bonds is 8. The van der Waals surface area contributed by atoms with Crippen LogP contribution in [0.1, 0.15) is 19.8 Å².